The first-order valence-electron chi connectivity index (χ1n) is 10.1. The van der Waals surface area contributed by atoms with Crippen molar-refractivity contribution in [1.82, 2.24) is 9.80 Å². The number of nitrogens with zero attached hydrogens (tertiary/aromatic N) is 2. The number of hydrogen-bond donors (Lipinski definition) is 0. The fourth-order valence-electron chi connectivity index (χ4n) is 3.98. The van der Waals surface area contributed by atoms with E-state index in [-0.39, 0.29) is 23.6 Å². The maximum Gasteiger partial charge on any atom is 0.222 e. The molecule has 0 atom stereocenters. The molecule has 0 spiro atoms. The molecule has 1 aliphatic heterocycles. The summed E-state index contributed by atoms with van der Waals surface area (Å²) in [5, 5.41) is 4.12. The Kier molecular flexibility index (Phi) is 6.55. The highest BCUT2D eigenvalue weighted by atomic mass is 32.1. The molecule has 1 aromatic heterocycles. The Hall–Kier alpha value is -2.57. The second-order valence-electron chi connectivity index (χ2n) is 7.55. The van der Waals surface area contributed by atoms with Gasteiger partial charge in [0.1, 0.15) is 11.6 Å². The second kappa shape index (κ2) is 9.49. The van der Waals surface area contributed by atoms with Gasteiger partial charge in [0.2, 0.25) is 5.91 Å². The Morgan fingerprint density at radius 2 is 1.43 bits per heavy atom. The molecule has 1 aliphatic rings. The predicted molar refractivity (Wildman–Crippen MR) is 115 cm³/mol. The van der Waals surface area contributed by atoms with E-state index in [9.17, 15) is 13.6 Å². The summed E-state index contributed by atoms with van der Waals surface area (Å²) in [6.45, 7) is 2.73. The van der Waals surface area contributed by atoms with Gasteiger partial charge in [0.15, 0.2) is 0 Å². The summed E-state index contributed by atoms with van der Waals surface area (Å²) >= 11 is 1.65. The van der Waals surface area contributed by atoms with Crippen LogP contribution < -0.4 is 0 Å². The topological polar surface area (TPSA) is 23.6 Å². The molecule has 0 radical (unpaired) electrons. The van der Waals surface area contributed by atoms with Gasteiger partial charge in [-0.3, -0.25) is 9.69 Å². The van der Waals surface area contributed by atoms with Crippen molar-refractivity contribution in [2.24, 2.45) is 0 Å². The van der Waals surface area contributed by atoms with Gasteiger partial charge in [0.05, 0.1) is 6.04 Å². The average Bonchev–Trinajstić information content (AvgIpc) is 3.29. The zero-order valence-electron chi connectivity index (χ0n) is 16.6. The number of carbonyl (C=O) groups excluding carboxylic acids is 1. The Morgan fingerprint density at radius 3 is 1.93 bits per heavy atom. The summed E-state index contributed by atoms with van der Waals surface area (Å²) in [6, 6.07) is 14.9. The largest absolute Gasteiger partial charge is 0.340 e. The molecule has 3 nitrogen and oxygen atoms in total. The third-order valence-corrected chi connectivity index (χ3v) is 6.34. The molecule has 1 saturated heterocycles. The van der Waals surface area contributed by atoms with Gasteiger partial charge in [0, 0.05) is 32.6 Å². The van der Waals surface area contributed by atoms with Crippen molar-refractivity contribution in [3.8, 4) is 0 Å². The molecule has 1 fully saturated rings. The Labute approximate surface area is 179 Å². The van der Waals surface area contributed by atoms with E-state index in [0.29, 0.717) is 32.6 Å². The summed E-state index contributed by atoms with van der Waals surface area (Å²) in [5.41, 5.74) is 3.13. The molecule has 0 bridgehead atoms. The second-order valence-corrected chi connectivity index (χ2v) is 8.33. The summed E-state index contributed by atoms with van der Waals surface area (Å²) in [6.07, 6.45) is 1.30. The molecule has 0 saturated carbocycles. The predicted octanol–water partition coefficient (Wildman–Crippen LogP) is 4.89. The fraction of sp³-hybridized carbons (Fsp3) is 0.292. The SMILES string of the molecule is O=C(CCc1ccsc1)N1CCN(C(c2ccc(F)cc2)c2ccc(F)cc2)CC1. The number of aryl methyl sites for hydroxylation is 1. The van der Waals surface area contributed by atoms with Gasteiger partial charge >= 0.3 is 0 Å². The monoisotopic (exact) mass is 426 g/mol. The summed E-state index contributed by atoms with van der Waals surface area (Å²) in [4.78, 5) is 16.8. The Bertz CT molecular complexity index is 904. The van der Waals surface area contributed by atoms with E-state index in [4.69, 9.17) is 0 Å². The summed E-state index contributed by atoms with van der Waals surface area (Å²) in [5.74, 6) is -0.378. The lowest BCUT2D eigenvalue weighted by atomic mass is 9.96. The van der Waals surface area contributed by atoms with Crippen LogP contribution in [0.3, 0.4) is 0 Å². The van der Waals surface area contributed by atoms with E-state index in [0.717, 1.165) is 17.5 Å². The van der Waals surface area contributed by atoms with Crippen molar-refractivity contribution in [2.45, 2.75) is 18.9 Å². The zero-order chi connectivity index (χ0) is 20.9. The quantitative estimate of drug-likeness (QED) is 0.560. The van der Waals surface area contributed by atoms with Gasteiger partial charge in [-0.15, -0.1) is 0 Å². The van der Waals surface area contributed by atoms with E-state index in [1.807, 2.05) is 10.3 Å². The molecule has 0 N–H and O–H groups in total. The smallest absolute Gasteiger partial charge is 0.222 e. The maximum absolute atomic E-state index is 13.5. The molecule has 4 rings (SSSR count). The van der Waals surface area contributed by atoms with Crippen LogP contribution >= 0.6 is 11.3 Å². The molecule has 3 aromatic rings. The highest BCUT2D eigenvalue weighted by Gasteiger charge is 2.28. The fourth-order valence-corrected chi connectivity index (χ4v) is 4.68. The first-order chi connectivity index (χ1) is 14.6. The molecule has 6 heteroatoms. The van der Waals surface area contributed by atoms with E-state index >= 15 is 0 Å². The van der Waals surface area contributed by atoms with Crippen molar-refractivity contribution >= 4 is 17.2 Å². The van der Waals surface area contributed by atoms with Gasteiger partial charge < -0.3 is 4.90 Å². The van der Waals surface area contributed by atoms with E-state index in [1.165, 1.54) is 29.8 Å². The first-order valence-corrected chi connectivity index (χ1v) is 11.1. The highest BCUT2D eigenvalue weighted by molar-refractivity contribution is 7.07. The molecule has 1 amide bonds. The van der Waals surface area contributed by atoms with Crippen LogP contribution in [0.5, 0.6) is 0 Å². The minimum absolute atomic E-state index is 0.103. The molecular formula is C24H24F2N2OS. The van der Waals surface area contributed by atoms with Crippen LogP contribution in [0.15, 0.2) is 65.4 Å². The maximum atomic E-state index is 13.5. The number of thiophene rings is 1. The number of amides is 1. The van der Waals surface area contributed by atoms with Crippen LogP contribution in [0, 0.1) is 11.6 Å². The van der Waals surface area contributed by atoms with Crippen LogP contribution in [-0.2, 0) is 11.2 Å². The average molecular weight is 427 g/mol. The van der Waals surface area contributed by atoms with Crippen LogP contribution in [-0.4, -0.2) is 41.9 Å². The van der Waals surface area contributed by atoms with Crippen LogP contribution in [0.25, 0.3) is 0 Å². The van der Waals surface area contributed by atoms with Gasteiger partial charge in [-0.05, 0) is 64.2 Å². The number of rotatable bonds is 6. The number of hydrogen-bond acceptors (Lipinski definition) is 3. The number of carbonyl (C=O) groups is 1. The third kappa shape index (κ3) is 4.94. The third-order valence-electron chi connectivity index (χ3n) is 5.61. The molecular weight excluding hydrogens is 402 g/mol. The van der Waals surface area contributed by atoms with Crippen LogP contribution in [0.2, 0.25) is 0 Å². The molecule has 0 aliphatic carbocycles. The van der Waals surface area contributed by atoms with E-state index in [1.54, 1.807) is 35.6 Å². The Morgan fingerprint density at radius 1 is 0.867 bits per heavy atom. The minimum Gasteiger partial charge on any atom is -0.340 e. The molecule has 30 heavy (non-hydrogen) atoms. The molecule has 0 unspecified atom stereocenters. The van der Waals surface area contributed by atoms with Crippen molar-refractivity contribution < 1.29 is 13.6 Å². The lowest BCUT2D eigenvalue weighted by Crippen LogP contribution is -2.49. The van der Waals surface area contributed by atoms with Crippen molar-refractivity contribution in [3.05, 3.63) is 93.7 Å². The number of halogens is 2. The first kappa shape index (κ1) is 20.7. The number of benzene rings is 2. The van der Waals surface area contributed by atoms with Gasteiger partial charge in [-0.2, -0.15) is 11.3 Å². The number of piperazine rings is 1. The van der Waals surface area contributed by atoms with Crippen molar-refractivity contribution in [1.29, 1.82) is 0 Å². The standard InChI is InChI=1S/C24H24F2N2OS/c25-21-6-2-19(3-7-21)24(20-4-8-22(26)9-5-20)28-14-12-27(13-15-28)23(29)10-1-18-11-16-30-17-18/h2-9,11,16-17,24H,1,10,12-15H2. The molecule has 2 heterocycles. The zero-order valence-corrected chi connectivity index (χ0v) is 17.5. The van der Waals surface area contributed by atoms with Gasteiger partial charge in [-0.25, -0.2) is 8.78 Å². The van der Waals surface area contributed by atoms with Gasteiger partial charge in [0.25, 0.3) is 0 Å². The molecule has 156 valence electrons. The summed E-state index contributed by atoms with van der Waals surface area (Å²) < 4.78 is 26.9. The van der Waals surface area contributed by atoms with E-state index < -0.39 is 0 Å². The summed E-state index contributed by atoms with van der Waals surface area (Å²) in [7, 11) is 0. The molecule has 2 aromatic carbocycles. The van der Waals surface area contributed by atoms with Gasteiger partial charge in [-0.1, -0.05) is 24.3 Å². The van der Waals surface area contributed by atoms with Crippen LogP contribution in [0.4, 0.5) is 8.78 Å². The lowest BCUT2D eigenvalue weighted by Gasteiger charge is -2.40. The lowest BCUT2D eigenvalue weighted by molar-refractivity contribution is -0.133. The highest BCUT2D eigenvalue weighted by Crippen LogP contribution is 2.30. The van der Waals surface area contributed by atoms with E-state index in [2.05, 4.69) is 16.3 Å². The Balaban J connectivity index is 1.44. The van der Waals surface area contributed by atoms with Crippen molar-refractivity contribution in [3.63, 3.8) is 0 Å². The minimum atomic E-state index is -0.280. The normalized spacial score (nSPS) is 15.0. The van der Waals surface area contributed by atoms with Crippen molar-refractivity contribution in [2.75, 3.05) is 26.2 Å². The van der Waals surface area contributed by atoms with Crippen LogP contribution in [0.1, 0.15) is 29.2 Å².